The lowest BCUT2D eigenvalue weighted by atomic mass is 10.2. The van der Waals surface area contributed by atoms with Crippen molar-refractivity contribution >= 4 is 23.6 Å². The second-order valence-electron chi connectivity index (χ2n) is 7.00. The lowest BCUT2D eigenvalue weighted by Gasteiger charge is -2.22. The summed E-state index contributed by atoms with van der Waals surface area (Å²) < 4.78 is 15.7. The van der Waals surface area contributed by atoms with Crippen molar-refractivity contribution in [1.82, 2.24) is 0 Å². The third-order valence-corrected chi connectivity index (χ3v) is 3.89. The van der Waals surface area contributed by atoms with E-state index in [2.05, 4.69) is 5.32 Å². The van der Waals surface area contributed by atoms with Crippen LogP contribution in [-0.4, -0.2) is 39.1 Å². The van der Waals surface area contributed by atoms with Crippen LogP contribution in [0.3, 0.4) is 0 Å². The van der Waals surface area contributed by atoms with Crippen molar-refractivity contribution in [3.05, 3.63) is 54.1 Å². The van der Waals surface area contributed by atoms with Crippen molar-refractivity contribution in [2.45, 2.75) is 20.8 Å². The first-order valence-corrected chi connectivity index (χ1v) is 9.48. The van der Waals surface area contributed by atoms with Gasteiger partial charge in [-0.2, -0.15) is 0 Å². The number of nitrogens with zero attached hydrogens (tertiary/aromatic N) is 1. The topological polar surface area (TPSA) is 77.1 Å². The molecule has 0 aliphatic carbocycles. The summed E-state index contributed by atoms with van der Waals surface area (Å²) in [6, 6.07) is 14.2. The van der Waals surface area contributed by atoms with Gasteiger partial charge in [-0.3, -0.25) is 10.2 Å². The van der Waals surface area contributed by atoms with Gasteiger partial charge in [0.05, 0.1) is 19.8 Å². The summed E-state index contributed by atoms with van der Waals surface area (Å²) in [5.41, 5.74) is 2.23. The number of methoxy groups -OCH3 is 1. The summed E-state index contributed by atoms with van der Waals surface area (Å²) in [6.07, 6.45) is -1.09. The zero-order valence-electron chi connectivity index (χ0n) is 17.3. The Morgan fingerprint density at radius 2 is 1.86 bits per heavy atom. The van der Waals surface area contributed by atoms with Crippen LogP contribution in [0.4, 0.5) is 21.0 Å². The third-order valence-electron chi connectivity index (χ3n) is 3.89. The monoisotopic (exact) mass is 400 g/mol. The maximum absolute atomic E-state index is 12.8. The molecule has 0 fully saturated rings. The highest BCUT2D eigenvalue weighted by atomic mass is 16.6. The zero-order chi connectivity index (χ0) is 21.2. The van der Waals surface area contributed by atoms with Gasteiger partial charge in [0.2, 0.25) is 0 Å². The van der Waals surface area contributed by atoms with Gasteiger partial charge in [-0.15, -0.1) is 0 Å². The second kappa shape index (κ2) is 11.1. The van der Waals surface area contributed by atoms with Crippen LogP contribution in [0.15, 0.2) is 48.5 Å². The first kappa shape index (κ1) is 22.2. The van der Waals surface area contributed by atoms with Crippen LogP contribution in [0.25, 0.3) is 0 Å². The number of ether oxygens (including phenoxy) is 3. The van der Waals surface area contributed by atoms with Crippen molar-refractivity contribution in [1.29, 1.82) is 0 Å². The molecule has 2 amide bonds. The Balaban J connectivity index is 2.08. The van der Waals surface area contributed by atoms with Gasteiger partial charge in [-0.1, -0.05) is 32.0 Å². The van der Waals surface area contributed by atoms with Crippen molar-refractivity contribution in [2.75, 3.05) is 37.1 Å². The Labute approximate surface area is 171 Å². The number of benzene rings is 2. The van der Waals surface area contributed by atoms with Crippen LogP contribution >= 0.6 is 0 Å². The minimum Gasteiger partial charge on any atom is -0.449 e. The fraction of sp³-hybridized carbons (Fsp3) is 0.364. The first-order valence-electron chi connectivity index (χ1n) is 9.48. The van der Waals surface area contributed by atoms with Gasteiger partial charge in [-0.05, 0) is 42.7 Å². The molecule has 0 aliphatic rings. The predicted molar refractivity (Wildman–Crippen MR) is 113 cm³/mol. The van der Waals surface area contributed by atoms with Crippen LogP contribution in [0, 0.1) is 12.8 Å². The van der Waals surface area contributed by atoms with Crippen LogP contribution in [0.1, 0.15) is 19.4 Å². The fourth-order valence-corrected chi connectivity index (χ4v) is 2.49. The number of carbonyl (C=O) groups is 2. The van der Waals surface area contributed by atoms with Crippen molar-refractivity contribution in [2.24, 2.45) is 5.92 Å². The molecule has 156 valence electrons. The van der Waals surface area contributed by atoms with E-state index in [1.807, 2.05) is 45.0 Å². The van der Waals surface area contributed by atoms with E-state index >= 15 is 0 Å². The third kappa shape index (κ3) is 7.46. The SMILES string of the molecule is COCCN(C(=O)Oc1cccc(NC(=O)OCC(C)C)c1)c1cccc(C)c1. The van der Waals surface area contributed by atoms with E-state index in [4.69, 9.17) is 14.2 Å². The molecule has 2 aromatic carbocycles. The van der Waals surface area contributed by atoms with E-state index in [1.54, 1.807) is 31.4 Å². The smallest absolute Gasteiger partial charge is 0.419 e. The van der Waals surface area contributed by atoms with Crippen LogP contribution in [-0.2, 0) is 9.47 Å². The second-order valence-corrected chi connectivity index (χ2v) is 7.00. The summed E-state index contributed by atoms with van der Waals surface area (Å²) in [4.78, 5) is 26.1. The molecule has 0 radical (unpaired) electrons. The Morgan fingerprint density at radius 3 is 2.55 bits per heavy atom. The number of carbonyl (C=O) groups excluding carboxylic acids is 2. The normalized spacial score (nSPS) is 10.5. The molecule has 1 N–H and O–H groups in total. The van der Waals surface area contributed by atoms with E-state index in [9.17, 15) is 9.59 Å². The number of aryl methyl sites for hydroxylation is 1. The summed E-state index contributed by atoms with van der Waals surface area (Å²) in [7, 11) is 1.58. The highest BCUT2D eigenvalue weighted by Gasteiger charge is 2.18. The highest BCUT2D eigenvalue weighted by molar-refractivity contribution is 5.90. The summed E-state index contributed by atoms with van der Waals surface area (Å²) in [5, 5.41) is 2.63. The highest BCUT2D eigenvalue weighted by Crippen LogP contribution is 2.21. The van der Waals surface area contributed by atoms with Gasteiger partial charge in [0.15, 0.2) is 0 Å². The molecule has 0 bridgehead atoms. The minimum atomic E-state index is -0.552. The Hall–Kier alpha value is -3.06. The van der Waals surface area contributed by atoms with Gasteiger partial charge in [0, 0.05) is 24.6 Å². The zero-order valence-corrected chi connectivity index (χ0v) is 17.3. The molecule has 0 aliphatic heterocycles. The van der Waals surface area contributed by atoms with Crippen LogP contribution in [0.2, 0.25) is 0 Å². The molecular formula is C22H28N2O5. The average molecular weight is 400 g/mol. The van der Waals surface area contributed by atoms with Gasteiger partial charge in [-0.25, -0.2) is 9.59 Å². The van der Waals surface area contributed by atoms with E-state index in [1.165, 1.54) is 4.90 Å². The quantitative estimate of drug-likeness (QED) is 0.685. The average Bonchev–Trinajstić information content (AvgIpc) is 2.67. The molecule has 0 heterocycles. The number of rotatable bonds is 8. The molecule has 0 unspecified atom stereocenters. The van der Waals surface area contributed by atoms with E-state index in [-0.39, 0.29) is 5.92 Å². The Morgan fingerprint density at radius 1 is 1.10 bits per heavy atom. The van der Waals surface area contributed by atoms with Gasteiger partial charge in [0.1, 0.15) is 5.75 Å². The lowest BCUT2D eigenvalue weighted by Crippen LogP contribution is -2.36. The van der Waals surface area contributed by atoms with Crippen LogP contribution in [0.5, 0.6) is 5.75 Å². The van der Waals surface area contributed by atoms with Gasteiger partial charge in [0.25, 0.3) is 0 Å². The van der Waals surface area contributed by atoms with Crippen molar-refractivity contribution in [3.8, 4) is 5.75 Å². The van der Waals surface area contributed by atoms with Gasteiger partial charge < -0.3 is 14.2 Å². The number of hydrogen-bond donors (Lipinski definition) is 1. The molecule has 2 aromatic rings. The molecule has 7 heteroatoms. The fourth-order valence-electron chi connectivity index (χ4n) is 2.49. The van der Waals surface area contributed by atoms with E-state index < -0.39 is 12.2 Å². The maximum Gasteiger partial charge on any atom is 0.419 e. The van der Waals surface area contributed by atoms with Crippen molar-refractivity contribution in [3.63, 3.8) is 0 Å². The molecule has 29 heavy (non-hydrogen) atoms. The molecule has 0 saturated heterocycles. The van der Waals surface area contributed by atoms with Crippen molar-refractivity contribution < 1.29 is 23.8 Å². The first-order chi connectivity index (χ1) is 13.9. The Bertz CT molecular complexity index is 822. The molecule has 0 aromatic heterocycles. The number of anilines is 2. The number of amides is 2. The largest absolute Gasteiger partial charge is 0.449 e. The summed E-state index contributed by atoms with van der Waals surface area (Å²) >= 11 is 0. The standard InChI is InChI=1S/C22H28N2O5/c1-16(2)15-28-21(25)23-18-8-6-10-20(14-18)29-22(26)24(11-12-27-4)19-9-5-7-17(3)13-19/h5-10,13-14,16H,11-12,15H2,1-4H3,(H,23,25). The van der Waals surface area contributed by atoms with Gasteiger partial charge >= 0.3 is 12.2 Å². The summed E-state index contributed by atoms with van der Waals surface area (Å²) in [6.45, 7) is 6.90. The number of nitrogens with one attached hydrogen (secondary N) is 1. The van der Waals surface area contributed by atoms with Crippen LogP contribution < -0.4 is 15.0 Å². The maximum atomic E-state index is 12.8. The molecular weight excluding hydrogens is 372 g/mol. The molecule has 2 rings (SSSR count). The molecule has 7 nitrogen and oxygen atoms in total. The molecule has 0 saturated carbocycles. The molecule has 0 atom stereocenters. The molecule has 0 spiro atoms. The van der Waals surface area contributed by atoms with E-state index in [0.717, 1.165) is 11.3 Å². The Kier molecular flexibility index (Phi) is 8.48. The lowest BCUT2D eigenvalue weighted by molar-refractivity contribution is 0.147. The van der Waals surface area contributed by atoms with E-state index in [0.29, 0.717) is 31.2 Å². The minimum absolute atomic E-state index is 0.243. The number of hydrogen-bond acceptors (Lipinski definition) is 5. The predicted octanol–water partition coefficient (Wildman–Crippen LogP) is 4.85. The summed E-state index contributed by atoms with van der Waals surface area (Å²) in [5.74, 6) is 0.555.